The molecule has 184 valence electrons. The van der Waals surface area contributed by atoms with E-state index in [4.69, 9.17) is 0 Å². The summed E-state index contributed by atoms with van der Waals surface area (Å²) in [5.41, 5.74) is 0.285. The van der Waals surface area contributed by atoms with E-state index in [0.29, 0.717) is 0 Å². The topological polar surface area (TPSA) is 17.1 Å². The molecule has 32 heavy (non-hydrogen) atoms. The van der Waals surface area contributed by atoms with E-state index in [9.17, 15) is 4.79 Å². The molecule has 4 rings (SSSR count). The molecule has 0 bridgehead atoms. The Morgan fingerprint density at radius 3 is 1.69 bits per heavy atom. The van der Waals surface area contributed by atoms with Crippen molar-refractivity contribution in [3.63, 3.8) is 0 Å². The molecule has 4 aliphatic carbocycles. The lowest BCUT2D eigenvalue weighted by molar-refractivity contribution is -0.169. The van der Waals surface area contributed by atoms with Crippen molar-refractivity contribution in [1.82, 2.24) is 0 Å². The van der Waals surface area contributed by atoms with Crippen molar-refractivity contribution in [1.29, 1.82) is 0 Å². The van der Waals surface area contributed by atoms with Crippen LogP contribution >= 0.6 is 0 Å². The number of carbonyl (C=O) groups excluding carboxylic acids is 1. The van der Waals surface area contributed by atoms with Crippen LogP contribution < -0.4 is 0 Å². The fourth-order valence-electron chi connectivity index (χ4n) is 8.73. The van der Waals surface area contributed by atoms with Gasteiger partial charge in [-0.2, -0.15) is 0 Å². The van der Waals surface area contributed by atoms with Gasteiger partial charge in [-0.3, -0.25) is 4.79 Å². The van der Waals surface area contributed by atoms with E-state index in [1.54, 1.807) is 0 Å². The van der Waals surface area contributed by atoms with Crippen molar-refractivity contribution >= 4 is 5.78 Å². The summed E-state index contributed by atoms with van der Waals surface area (Å²) in [6, 6.07) is 0. The quantitative estimate of drug-likeness (QED) is 0.308. The summed E-state index contributed by atoms with van der Waals surface area (Å²) in [5.74, 6) is 4.63. The van der Waals surface area contributed by atoms with E-state index in [1.165, 1.54) is 141 Å². The maximum atomic E-state index is 13.5. The highest BCUT2D eigenvalue weighted by Crippen LogP contribution is 2.64. The maximum absolute atomic E-state index is 13.5. The normalized spacial score (nSPS) is 40.0. The molecule has 0 unspecified atom stereocenters. The Labute approximate surface area is 200 Å². The number of rotatable bonds is 10. The summed E-state index contributed by atoms with van der Waals surface area (Å²) in [4.78, 5) is 13.5. The lowest BCUT2D eigenvalue weighted by atomic mass is 9.42. The van der Waals surface area contributed by atoms with E-state index in [2.05, 4.69) is 13.8 Å². The highest BCUT2D eigenvalue weighted by molar-refractivity contribution is 5.96. The molecule has 0 saturated heterocycles. The first-order chi connectivity index (χ1) is 15.6. The zero-order chi connectivity index (χ0) is 22.4. The van der Waals surface area contributed by atoms with Gasteiger partial charge in [0.15, 0.2) is 0 Å². The second kappa shape index (κ2) is 11.4. The van der Waals surface area contributed by atoms with E-state index in [0.717, 1.165) is 29.5 Å². The lowest BCUT2D eigenvalue weighted by Crippen LogP contribution is -2.59. The summed E-state index contributed by atoms with van der Waals surface area (Å²) < 4.78 is 0. The fourth-order valence-corrected chi connectivity index (χ4v) is 8.73. The van der Waals surface area contributed by atoms with Gasteiger partial charge in [0.25, 0.3) is 0 Å². The minimum atomic E-state index is 0.141. The average molecular weight is 443 g/mol. The Bertz CT molecular complexity index is 567. The second-order valence-electron chi connectivity index (χ2n) is 13.0. The van der Waals surface area contributed by atoms with Crippen molar-refractivity contribution in [2.75, 3.05) is 0 Å². The van der Waals surface area contributed by atoms with E-state index in [1.807, 2.05) is 0 Å². The maximum Gasteiger partial charge on any atom is 0.145 e. The van der Waals surface area contributed by atoms with Gasteiger partial charge in [0.2, 0.25) is 0 Å². The predicted octanol–water partition coefficient (Wildman–Crippen LogP) is 9.67. The van der Waals surface area contributed by atoms with Crippen LogP contribution in [0, 0.1) is 34.5 Å². The monoisotopic (exact) mass is 442 g/mol. The van der Waals surface area contributed by atoms with Gasteiger partial charge in [0, 0.05) is 10.8 Å². The van der Waals surface area contributed by atoms with Crippen LogP contribution in [0.3, 0.4) is 0 Å². The summed E-state index contributed by atoms with van der Waals surface area (Å²) in [6.07, 6.45) is 30.4. The number of hydrogen-bond acceptors (Lipinski definition) is 1. The lowest BCUT2D eigenvalue weighted by Gasteiger charge is -2.59. The SMILES string of the molecule is CCCCCCCC1CCC([C@H]2CC[C@]3(CC2)C[C@@]2(CCC(CCCC)CC2)C3=O)CC1. The van der Waals surface area contributed by atoms with Gasteiger partial charge >= 0.3 is 0 Å². The zero-order valence-electron chi connectivity index (χ0n) is 21.8. The highest BCUT2D eigenvalue weighted by atomic mass is 16.1. The first kappa shape index (κ1) is 24.8. The third kappa shape index (κ3) is 5.49. The Kier molecular flexibility index (Phi) is 8.83. The smallest absolute Gasteiger partial charge is 0.145 e. The summed E-state index contributed by atoms with van der Waals surface area (Å²) in [5, 5.41) is 0. The van der Waals surface area contributed by atoms with Crippen LogP contribution in [0.4, 0.5) is 0 Å². The minimum absolute atomic E-state index is 0.141. The van der Waals surface area contributed by atoms with Crippen LogP contribution in [0.5, 0.6) is 0 Å². The van der Waals surface area contributed by atoms with Crippen LogP contribution in [0.1, 0.15) is 155 Å². The molecule has 0 N–H and O–H groups in total. The third-order valence-electron chi connectivity index (χ3n) is 10.9. The van der Waals surface area contributed by atoms with Gasteiger partial charge in [-0.05, 0) is 94.3 Å². The molecule has 0 heterocycles. The van der Waals surface area contributed by atoms with Crippen molar-refractivity contribution in [2.24, 2.45) is 34.5 Å². The second-order valence-corrected chi connectivity index (χ2v) is 13.0. The van der Waals surface area contributed by atoms with Crippen LogP contribution in [0.25, 0.3) is 0 Å². The summed E-state index contributed by atoms with van der Waals surface area (Å²) in [6.45, 7) is 4.62. The molecule has 0 amide bonds. The van der Waals surface area contributed by atoms with Crippen molar-refractivity contribution in [2.45, 2.75) is 155 Å². The molecule has 0 radical (unpaired) electrons. The number of Topliss-reactive ketones (excluding diaryl/α,β-unsaturated/α-hetero) is 1. The first-order valence-electron chi connectivity index (χ1n) is 15.2. The molecule has 1 nitrogen and oxygen atoms in total. The molecule has 0 aromatic rings. The fraction of sp³-hybridized carbons (Fsp3) is 0.968. The van der Waals surface area contributed by atoms with E-state index < -0.39 is 0 Å². The predicted molar refractivity (Wildman–Crippen MR) is 137 cm³/mol. The zero-order valence-corrected chi connectivity index (χ0v) is 21.8. The van der Waals surface area contributed by atoms with Gasteiger partial charge in [-0.1, -0.05) is 84.5 Å². The molecule has 1 heteroatoms. The molecular weight excluding hydrogens is 388 g/mol. The average Bonchev–Trinajstić information content (AvgIpc) is 2.84. The Balaban J connectivity index is 1.15. The standard InChI is InChI=1S/C31H54O/c1-3-5-7-8-9-11-25-12-14-27(15-13-25)28-18-22-31(23-19-28)24-30(29(31)32)20-16-26(17-21-30)10-6-4-2/h25-28H,3-24H2,1-2H3/t25?,26?,27?,28-,30-,31-. The molecule has 0 atom stereocenters. The van der Waals surface area contributed by atoms with Gasteiger partial charge in [0.1, 0.15) is 5.78 Å². The molecule has 0 aromatic heterocycles. The number of unbranched alkanes of at least 4 members (excludes halogenated alkanes) is 5. The molecule has 0 aromatic carbocycles. The largest absolute Gasteiger partial charge is 0.298 e. The summed E-state index contributed by atoms with van der Waals surface area (Å²) in [7, 11) is 0. The third-order valence-corrected chi connectivity index (χ3v) is 10.9. The molecule has 4 saturated carbocycles. The van der Waals surface area contributed by atoms with Gasteiger partial charge in [-0.15, -0.1) is 0 Å². The van der Waals surface area contributed by atoms with Gasteiger partial charge in [-0.25, -0.2) is 0 Å². The van der Waals surface area contributed by atoms with Crippen molar-refractivity contribution in [3.05, 3.63) is 0 Å². The molecule has 4 fully saturated rings. The Hall–Kier alpha value is -0.330. The van der Waals surface area contributed by atoms with E-state index >= 15 is 0 Å². The Morgan fingerprint density at radius 2 is 1.09 bits per heavy atom. The van der Waals surface area contributed by atoms with Gasteiger partial charge in [0.05, 0.1) is 0 Å². The molecular formula is C31H54O. The molecule has 4 aliphatic rings. The number of ketones is 1. The highest BCUT2D eigenvalue weighted by Gasteiger charge is 2.63. The minimum Gasteiger partial charge on any atom is -0.298 e. The summed E-state index contributed by atoms with van der Waals surface area (Å²) >= 11 is 0. The van der Waals surface area contributed by atoms with Gasteiger partial charge < -0.3 is 0 Å². The number of hydrogen-bond donors (Lipinski definition) is 0. The van der Waals surface area contributed by atoms with Crippen LogP contribution in [0.15, 0.2) is 0 Å². The van der Waals surface area contributed by atoms with E-state index in [-0.39, 0.29) is 10.8 Å². The van der Waals surface area contributed by atoms with Crippen molar-refractivity contribution in [3.8, 4) is 0 Å². The molecule has 2 spiro atoms. The van der Waals surface area contributed by atoms with Crippen LogP contribution in [0.2, 0.25) is 0 Å². The van der Waals surface area contributed by atoms with Crippen LogP contribution in [-0.2, 0) is 4.79 Å². The Morgan fingerprint density at radius 1 is 0.594 bits per heavy atom. The first-order valence-corrected chi connectivity index (χ1v) is 15.2. The number of carbonyl (C=O) groups is 1. The van der Waals surface area contributed by atoms with Crippen molar-refractivity contribution < 1.29 is 4.79 Å². The molecule has 0 aliphatic heterocycles. The van der Waals surface area contributed by atoms with Crippen LogP contribution in [-0.4, -0.2) is 5.78 Å².